The molecule has 146 valence electrons. The Kier molecular flexibility index (Phi) is 8.02. The molecular weight excluding hydrogens is 341 g/mol. The van der Waals surface area contributed by atoms with Crippen LogP contribution in [-0.4, -0.2) is 42.5 Å². The van der Waals surface area contributed by atoms with Gasteiger partial charge in [-0.25, -0.2) is 9.18 Å². The van der Waals surface area contributed by atoms with Crippen molar-refractivity contribution in [3.05, 3.63) is 35.6 Å². The molecule has 0 aromatic heterocycles. The van der Waals surface area contributed by atoms with Crippen molar-refractivity contribution in [3.63, 3.8) is 0 Å². The number of ether oxygens (including phenoxy) is 2. The highest BCUT2D eigenvalue weighted by atomic mass is 19.1. The van der Waals surface area contributed by atoms with E-state index >= 15 is 0 Å². The van der Waals surface area contributed by atoms with Gasteiger partial charge in [-0.2, -0.15) is 0 Å². The maximum atomic E-state index is 13.7. The zero-order valence-electron chi connectivity index (χ0n) is 15.8. The van der Waals surface area contributed by atoms with Crippen LogP contribution in [0.15, 0.2) is 24.3 Å². The molecule has 0 radical (unpaired) electrons. The van der Waals surface area contributed by atoms with E-state index in [4.69, 9.17) is 9.47 Å². The smallest absolute Gasteiger partial charge is 0.407 e. The number of benzene rings is 1. The van der Waals surface area contributed by atoms with Crippen LogP contribution in [0.4, 0.5) is 9.18 Å². The summed E-state index contributed by atoms with van der Waals surface area (Å²) < 4.78 is 24.3. The molecule has 0 bridgehead atoms. The Labute approximate surface area is 153 Å². The molecule has 1 rings (SSSR count). The van der Waals surface area contributed by atoms with E-state index in [-0.39, 0.29) is 25.1 Å². The Morgan fingerprint density at radius 3 is 2.46 bits per heavy atom. The molecule has 0 spiro atoms. The van der Waals surface area contributed by atoms with Crippen molar-refractivity contribution in [1.82, 2.24) is 5.32 Å². The normalized spacial score (nSPS) is 13.7. The van der Waals surface area contributed by atoms with Crippen LogP contribution in [0.3, 0.4) is 0 Å². The molecule has 0 saturated heterocycles. The minimum Gasteiger partial charge on any atom is -0.481 e. The van der Waals surface area contributed by atoms with Crippen LogP contribution in [0.5, 0.6) is 0 Å². The van der Waals surface area contributed by atoms with Crippen molar-refractivity contribution in [2.45, 2.75) is 51.6 Å². The number of aliphatic carboxylic acids is 1. The number of carbonyl (C=O) groups is 2. The van der Waals surface area contributed by atoms with Gasteiger partial charge in [-0.3, -0.25) is 4.79 Å². The SMILES string of the molecule is CCCOCCC(CNC(=O)OC(C)(C)C)(C(=O)O)c1cccc(F)c1. The number of hydrogen-bond donors (Lipinski definition) is 2. The zero-order chi connectivity index (χ0) is 19.8. The minimum atomic E-state index is -1.52. The summed E-state index contributed by atoms with van der Waals surface area (Å²) in [6.45, 7) is 7.51. The lowest BCUT2D eigenvalue weighted by Gasteiger charge is -2.31. The summed E-state index contributed by atoms with van der Waals surface area (Å²) in [4.78, 5) is 24.1. The maximum Gasteiger partial charge on any atom is 0.407 e. The predicted octanol–water partition coefficient (Wildman–Crippen LogP) is 3.49. The van der Waals surface area contributed by atoms with Crippen LogP contribution in [0, 0.1) is 5.82 Å². The molecule has 2 N–H and O–H groups in total. The first-order chi connectivity index (χ1) is 12.1. The van der Waals surface area contributed by atoms with E-state index in [1.54, 1.807) is 20.8 Å². The number of hydrogen-bond acceptors (Lipinski definition) is 4. The Morgan fingerprint density at radius 1 is 1.23 bits per heavy atom. The lowest BCUT2D eigenvalue weighted by Crippen LogP contribution is -2.48. The van der Waals surface area contributed by atoms with Gasteiger partial charge in [-0.15, -0.1) is 0 Å². The molecule has 0 saturated carbocycles. The van der Waals surface area contributed by atoms with Gasteiger partial charge in [0.25, 0.3) is 0 Å². The number of carboxylic acids is 1. The fraction of sp³-hybridized carbons (Fsp3) is 0.579. The van der Waals surface area contributed by atoms with E-state index in [1.165, 1.54) is 24.3 Å². The van der Waals surface area contributed by atoms with Gasteiger partial charge in [-0.1, -0.05) is 19.1 Å². The number of alkyl carbamates (subject to hydrolysis) is 1. The van der Waals surface area contributed by atoms with Gasteiger partial charge in [-0.05, 0) is 51.3 Å². The standard InChI is InChI=1S/C19H28FNO5/c1-5-10-25-11-9-19(16(22)23,14-7-6-8-15(20)12-14)13-21-17(24)26-18(2,3)4/h6-8,12H,5,9-11,13H2,1-4H3,(H,21,24)(H,22,23). The molecule has 1 atom stereocenters. The van der Waals surface area contributed by atoms with Crippen molar-refractivity contribution >= 4 is 12.1 Å². The second-order valence-electron chi connectivity index (χ2n) is 7.12. The molecule has 0 aliphatic heterocycles. The molecule has 1 amide bonds. The largest absolute Gasteiger partial charge is 0.481 e. The van der Waals surface area contributed by atoms with Gasteiger partial charge in [0.05, 0.1) is 0 Å². The third-order valence-corrected chi connectivity index (χ3v) is 3.74. The summed E-state index contributed by atoms with van der Waals surface area (Å²) in [6.07, 6.45) is 0.159. The van der Waals surface area contributed by atoms with Crippen LogP contribution in [-0.2, 0) is 19.7 Å². The van der Waals surface area contributed by atoms with E-state index in [0.29, 0.717) is 6.61 Å². The van der Waals surface area contributed by atoms with Gasteiger partial charge in [0.15, 0.2) is 0 Å². The van der Waals surface area contributed by atoms with E-state index < -0.39 is 28.9 Å². The average molecular weight is 369 g/mol. The summed E-state index contributed by atoms with van der Waals surface area (Å²) in [5.74, 6) is -1.71. The van der Waals surface area contributed by atoms with Crippen molar-refractivity contribution in [2.75, 3.05) is 19.8 Å². The first-order valence-corrected chi connectivity index (χ1v) is 8.65. The monoisotopic (exact) mass is 369 g/mol. The molecule has 1 aromatic rings. The Balaban J connectivity index is 3.05. The van der Waals surface area contributed by atoms with Crippen LogP contribution in [0.2, 0.25) is 0 Å². The Morgan fingerprint density at radius 2 is 1.92 bits per heavy atom. The highest BCUT2D eigenvalue weighted by Gasteiger charge is 2.41. The third-order valence-electron chi connectivity index (χ3n) is 3.74. The van der Waals surface area contributed by atoms with Crippen LogP contribution in [0.1, 0.15) is 46.1 Å². The molecule has 1 aromatic carbocycles. The molecule has 0 fully saturated rings. The van der Waals surface area contributed by atoms with Crippen molar-refractivity contribution in [2.24, 2.45) is 0 Å². The van der Waals surface area contributed by atoms with E-state index in [1.807, 2.05) is 6.92 Å². The van der Waals surface area contributed by atoms with Gasteiger partial charge in [0.1, 0.15) is 16.8 Å². The fourth-order valence-electron chi connectivity index (χ4n) is 2.46. The number of halogens is 1. The van der Waals surface area contributed by atoms with Crippen molar-refractivity contribution < 1.29 is 28.6 Å². The van der Waals surface area contributed by atoms with Crippen molar-refractivity contribution in [1.29, 1.82) is 0 Å². The Bertz CT molecular complexity index is 614. The van der Waals surface area contributed by atoms with Crippen LogP contribution < -0.4 is 5.32 Å². The molecule has 1 unspecified atom stereocenters. The summed E-state index contributed by atoms with van der Waals surface area (Å²) in [5.41, 5.74) is -1.97. The first-order valence-electron chi connectivity index (χ1n) is 8.65. The number of carbonyl (C=O) groups excluding carboxylic acids is 1. The number of nitrogens with one attached hydrogen (secondary N) is 1. The summed E-state index contributed by atoms with van der Waals surface area (Å²) >= 11 is 0. The summed E-state index contributed by atoms with van der Waals surface area (Å²) in [5, 5.41) is 12.4. The average Bonchev–Trinajstić information content (AvgIpc) is 2.52. The van der Waals surface area contributed by atoms with Gasteiger partial charge >= 0.3 is 12.1 Å². The fourth-order valence-corrected chi connectivity index (χ4v) is 2.46. The molecule has 0 heterocycles. The lowest BCUT2D eigenvalue weighted by atomic mass is 9.77. The van der Waals surface area contributed by atoms with E-state index in [9.17, 15) is 19.1 Å². The van der Waals surface area contributed by atoms with Gasteiger partial charge < -0.3 is 19.9 Å². The number of amides is 1. The third kappa shape index (κ3) is 6.63. The highest BCUT2D eigenvalue weighted by Crippen LogP contribution is 2.29. The Hall–Kier alpha value is -2.15. The van der Waals surface area contributed by atoms with Crippen molar-refractivity contribution in [3.8, 4) is 0 Å². The van der Waals surface area contributed by atoms with Crippen LogP contribution in [0.25, 0.3) is 0 Å². The molecule has 26 heavy (non-hydrogen) atoms. The lowest BCUT2D eigenvalue weighted by molar-refractivity contribution is -0.144. The molecule has 7 heteroatoms. The van der Waals surface area contributed by atoms with Gasteiger partial charge in [0, 0.05) is 19.8 Å². The molecular formula is C19H28FNO5. The maximum absolute atomic E-state index is 13.7. The topological polar surface area (TPSA) is 84.9 Å². The molecule has 6 nitrogen and oxygen atoms in total. The van der Waals surface area contributed by atoms with E-state index in [2.05, 4.69) is 5.32 Å². The highest BCUT2D eigenvalue weighted by molar-refractivity contribution is 5.82. The number of carboxylic acid groups (broad SMARTS) is 1. The summed E-state index contributed by atoms with van der Waals surface area (Å²) in [7, 11) is 0. The predicted molar refractivity (Wildman–Crippen MR) is 95.7 cm³/mol. The molecule has 0 aliphatic rings. The zero-order valence-corrected chi connectivity index (χ0v) is 15.8. The number of rotatable bonds is 9. The van der Waals surface area contributed by atoms with E-state index in [0.717, 1.165) is 6.42 Å². The second kappa shape index (κ2) is 9.52. The minimum absolute atomic E-state index is 0.0849. The quantitative estimate of drug-likeness (QED) is 0.651. The molecule has 0 aliphatic carbocycles. The van der Waals surface area contributed by atoms with Crippen LogP contribution >= 0.6 is 0 Å². The first kappa shape index (κ1) is 21.9. The second-order valence-corrected chi connectivity index (χ2v) is 7.12. The van der Waals surface area contributed by atoms with Gasteiger partial charge in [0.2, 0.25) is 0 Å². The summed E-state index contributed by atoms with van der Waals surface area (Å²) in [6, 6.07) is 5.40.